The summed E-state index contributed by atoms with van der Waals surface area (Å²) in [5, 5.41) is 3.12. The Labute approximate surface area is 161 Å². The molecule has 0 radical (unpaired) electrons. The number of hydrogen-bond donors (Lipinski definition) is 1. The average molecular weight is 402 g/mol. The second-order valence-electron chi connectivity index (χ2n) is 6.54. The molecule has 0 aliphatic heterocycles. The maximum absolute atomic E-state index is 12.2. The number of thiazole rings is 1. The first-order chi connectivity index (χ1) is 12.9. The van der Waals surface area contributed by atoms with Gasteiger partial charge in [-0.25, -0.2) is 13.4 Å². The Kier molecular flexibility index (Phi) is 4.61. The van der Waals surface area contributed by atoms with Crippen molar-refractivity contribution in [1.29, 1.82) is 0 Å². The number of carbonyl (C=O) groups is 1. The molecule has 0 unspecified atom stereocenters. The summed E-state index contributed by atoms with van der Waals surface area (Å²) in [6.07, 6.45) is 4.49. The number of aryl methyl sites for hydroxylation is 2. The number of anilines is 1. The first-order valence-electron chi connectivity index (χ1n) is 8.53. The van der Waals surface area contributed by atoms with Gasteiger partial charge in [-0.2, -0.15) is 0 Å². The molecule has 2 aromatic carbocycles. The van der Waals surface area contributed by atoms with E-state index in [0.29, 0.717) is 21.1 Å². The third kappa shape index (κ3) is 3.96. The number of hydrogen-bond acceptors (Lipinski definition) is 6. The van der Waals surface area contributed by atoms with E-state index < -0.39 is 9.84 Å². The van der Waals surface area contributed by atoms with Crippen molar-refractivity contribution in [3.63, 3.8) is 0 Å². The van der Waals surface area contributed by atoms with Crippen molar-refractivity contribution < 1.29 is 17.9 Å². The molecule has 8 heteroatoms. The van der Waals surface area contributed by atoms with Gasteiger partial charge in [-0.1, -0.05) is 17.4 Å². The Hall–Kier alpha value is -2.45. The lowest BCUT2D eigenvalue weighted by Gasteiger charge is -2.07. The number of sulfone groups is 1. The summed E-state index contributed by atoms with van der Waals surface area (Å²) < 4.78 is 29.6. The molecule has 27 heavy (non-hydrogen) atoms. The third-order valence-electron chi connectivity index (χ3n) is 4.47. The van der Waals surface area contributed by atoms with Gasteiger partial charge in [-0.05, 0) is 60.7 Å². The van der Waals surface area contributed by atoms with Crippen LogP contribution in [0.3, 0.4) is 0 Å². The van der Waals surface area contributed by atoms with Crippen LogP contribution in [0, 0.1) is 0 Å². The van der Waals surface area contributed by atoms with Gasteiger partial charge in [-0.15, -0.1) is 0 Å². The first kappa shape index (κ1) is 17.9. The van der Waals surface area contributed by atoms with Crippen LogP contribution in [0.25, 0.3) is 10.2 Å². The normalized spacial score (nSPS) is 13.5. The number of nitrogens with one attached hydrogen (secondary N) is 1. The van der Waals surface area contributed by atoms with Crippen molar-refractivity contribution in [3.8, 4) is 5.75 Å². The molecule has 1 amide bonds. The SMILES string of the molecule is CS(=O)(=O)c1ccc2nc(NC(=O)COc3ccc4c(c3)CCC4)sc2c1. The van der Waals surface area contributed by atoms with Crippen molar-refractivity contribution >= 4 is 42.4 Å². The van der Waals surface area contributed by atoms with Crippen LogP contribution >= 0.6 is 11.3 Å². The quantitative estimate of drug-likeness (QED) is 0.708. The zero-order chi connectivity index (χ0) is 19.0. The lowest BCUT2D eigenvalue weighted by molar-refractivity contribution is -0.118. The van der Waals surface area contributed by atoms with E-state index in [1.54, 1.807) is 12.1 Å². The fraction of sp³-hybridized carbons (Fsp3) is 0.263. The van der Waals surface area contributed by atoms with Crippen molar-refractivity contribution in [2.75, 3.05) is 18.2 Å². The zero-order valence-corrected chi connectivity index (χ0v) is 16.3. The van der Waals surface area contributed by atoms with E-state index in [-0.39, 0.29) is 17.4 Å². The van der Waals surface area contributed by atoms with Crippen LogP contribution < -0.4 is 10.1 Å². The second kappa shape index (κ2) is 6.94. The topological polar surface area (TPSA) is 85.4 Å². The number of rotatable bonds is 5. The molecule has 0 spiro atoms. The maximum atomic E-state index is 12.2. The summed E-state index contributed by atoms with van der Waals surface area (Å²) in [5.74, 6) is 0.380. The van der Waals surface area contributed by atoms with Gasteiger partial charge in [0, 0.05) is 6.26 Å². The van der Waals surface area contributed by atoms with Gasteiger partial charge < -0.3 is 4.74 Å². The van der Waals surface area contributed by atoms with E-state index in [9.17, 15) is 13.2 Å². The molecular formula is C19H18N2O4S2. The number of nitrogens with zero attached hydrogens (tertiary/aromatic N) is 1. The van der Waals surface area contributed by atoms with Crippen LogP contribution in [0.4, 0.5) is 5.13 Å². The van der Waals surface area contributed by atoms with Crippen LogP contribution in [0.15, 0.2) is 41.3 Å². The van der Waals surface area contributed by atoms with Crippen LogP contribution in [-0.4, -0.2) is 32.2 Å². The van der Waals surface area contributed by atoms with Crippen LogP contribution in [-0.2, 0) is 27.5 Å². The average Bonchev–Trinajstić information content (AvgIpc) is 3.23. The molecule has 0 saturated carbocycles. The number of amides is 1. The third-order valence-corrected chi connectivity index (χ3v) is 6.52. The second-order valence-corrected chi connectivity index (χ2v) is 9.59. The predicted octanol–water partition coefficient (Wildman–Crippen LogP) is 3.21. The smallest absolute Gasteiger partial charge is 0.264 e. The van der Waals surface area contributed by atoms with E-state index in [0.717, 1.165) is 25.5 Å². The van der Waals surface area contributed by atoms with Gasteiger partial charge >= 0.3 is 0 Å². The van der Waals surface area contributed by atoms with Crippen LogP contribution in [0.5, 0.6) is 5.75 Å². The molecule has 1 aromatic heterocycles. The fourth-order valence-corrected chi connectivity index (χ4v) is 4.77. The Morgan fingerprint density at radius 3 is 2.81 bits per heavy atom. The molecule has 0 saturated heterocycles. The Morgan fingerprint density at radius 1 is 1.19 bits per heavy atom. The summed E-state index contributed by atoms with van der Waals surface area (Å²) in [4.78, 5) is 16.7. The lowest BCUT2D eigenvalue weighted by atomic mass is 10.1. The van der Waals surface area contributed by atoms with Gasteiger partial charge in [0.2, 0.25) is 0 Å². The molecule has 1 N–H and O–H groups in total. The minimum Gasteiger partial charge on any atom is -0.484 e. The minimum atomic E-state index is -3.28. The zero-order valence-electron chi connectivity index (χ0n) is 14.7. The van der Waals surface area contributed by atoms with E-state index in [1.807, 2.05) is 12.1 Å². The molecule has 1 aliphatic carbocycles. The lowest BCUT2D eigenvalue weighted by Crippen LogP contribution is -2.20. The van der Waals surface area contributed by atoms with Gasteiger partial charge in [0.25, 0.3) is 5.91 Å². The molecule has 4 rings (SSSR count). The van der Waals surface area contributed by atoms with Gasteiger partial charge in [0.1, 0.15) is 5.75 Å². The molecule has 140 valence electrons. The van der Waals surface area contributed by atoms with Gasteiger partial charge in [-0.3, -0.25) is 10.1 Å². The van der Waals surface area contributed by atoms with E-state index in [2.05, 4.69) is 16.4 Å². The molecule has 6 nitrogen and oxygen atoms in total. The van der Waals surface area contributed by atoms with E-state index in [1.165, 1.54) is 28.5 Å². The number of benzene rings is 2. The summed E-state index contributed by atoms with van der Waals surface area (Å²) in [5.41, 5.74) is 3.29. The fourth-order valence-electron chi connectivity index (χ4n) is 3.13. The van der Waals surface area contributed by atoms with Crippen molar-refractivity contribution in [2.24, 2.45) is 0 Å². The minimum absolute atomic E-state index is 0.108. The number of aromatic nitrogens is 1. The van der Waals surface area contributed by atoms with E-state index >= 15 is 0 Å². The molecule has 0 atom stereocenters. The summed E-state index contributed by atoms with van der Waals surface area (Å²) in [7, 11) is -3.28. The van der Waals surface area contributed by atoms with Gasteiger partial charge in [0.05, 0.1) is 15.1 Å². The molecule has 1 heterocycles. The Morgan fingerprint density at radius 2 is 2.00 bits per heavy atom. The van der Waals surface area contributed by atoms with Crippen LogP contribution in [0.2, 0.25) is 0 Å². The molecular weight excluding hydrogens is 384 g/mol. The summed E-state index contributed by atoms with van der Waals surface area (Å²) in [6.45, 7) is -0.108. The highest BCUT2D eigenvalue weighted by atomic mass is 32.2. The van der Waals surface area contributed by atoms with Crippen LogP contribution in [0.1, 0.15) is 17.5 Å². The van der Waals surface area contributed by atoms with Gasteiger partial charge in [0.15, 0.2) is 21.6 Å². The summed E-state index contributed by atoms with van der Waals surface area (Å²) in [6, 6.07) is 10.7. The Bertz CT molecular complexity index is 1140. The van der Waals surface area contributed by atoms with E-state index in [4.69, 9.17) is 4.74 Å². The molecule has 1 aliphatic rings. The molecule has 0 bridgehead atoms. The highest BCUT2D eigenvalue weighted by molar-refractivity contribution is 7.90. The number of fused-ring (bicyclic) bond motifs is 2. The van der Waals surface area contributed by atoms with Crippen molar-refractivity contribution in [1.82, 2.24) is 4.98 Å². The largest absolute Gasteiger partial charge is 0.484 e. The monoisotopic (exact) mass is 402 g/mol. The van der Waals surface area contributed by atoms with Crippen molar-refractivity contribution in [3.05, 3.63) is 47.5 Å². The highest BCUT2D eigenvalue weighted by Gasteiger charge is 2.14. The highest BCUT2D eigenvalue weighted by Crippen LogP contribution is 2.28. The predicted molar refractivity (Wildman–Crippen MR) is 105 cm³/mol. The maximum Gasteiger partial charge on any atom is 0.264 e. The number of carbonyl (C=O) groups excluding carboxylic acids is 1. The number of ether oxygens (including phenoxy) is 1. The Balaban J connectivity index is 1.42. The molecule has 0 fully saturated rings. The molecule has 3 aromatic rings. The summed E-state index contributed by atoms with van der Waals surface area (Å²) >= 11 is 1.23. The van der Waals surface area contributed by atoms with Crippen molar-refractivity contribution in [2.45, 2.75) is 24.2 Å². The standard InChI is InChI=1S/C19H18N2O4S2/c1-27(23,24)15-7-8-16-17(10-15)26-19(20-16)21-18(22)11-25-14-6-5-12-3-2-4-13(12)9-14/h5-10H,2-4,11H2,1H3,(H,20,21,22). The first-order valence-corrected chi connectivity index (χ1v) is 11.2.